The lowest BCUT2D eigenvalue weighted by Crippen LogP contribution is -2.45. The predicted molar refractivity (Wildman–Crippen MR) is 81.4 cm³/mol. The fourth-order valence-electron chi connectivity index (χ4n) is 2.29. The van der Waals surface area contributed by atoms with Crippen molar-refractivity contribution in [3.8, 4) is 5.75 Å². The molecule has 0 bridgehead atoms. The predicted octanol–water partition coefficient (Wildman–Crippen LogP) is 1.93. The van der Waals surface area contributed by atoms with Crippen molar-refractivity contribution in [1.82, 2.24) is 4.90 Å². The Labute approximate surface area is 130 Å². The summed E-state index contributed by atoms with van der Waals surface area (Å²) < 4.78 is 10.6. The van der Waals surface area contributed by atoms with Gasteiger partial charge in [0.25, 0.3) is 0 Å². The number of rotatable bonds is 2. The van der Waals surface area contributed by atoms with Gasteiger partial charge in [0.2, 0.25) is 0 Å². The summed E-state index contributed by atoms with van der Waals surface area (Å²) in [6, 6.07) is 7.76. The molecular formula is C16H22N2O4. The van der Waals surface area contributed by atoms with E-state index in [4.69, 9.17) is 15.2 Å². The first-order chi connectivity index (χ1) is 10.3. The number of nitrogens with zero attached hydrogens (tertiary/aromatic N) is 1. The van der Waals surface area contributed by atoms with Crippen molar-refractivity contribution in [3.05, 3.63) is 30.3 Å². The van der Waals surface area contributed by atoms with Crippen molar-refractivity contribution < 1.29 is 19.1 Å². The molecule has 22 heavy (non-hydrogen) atoms. The van der Waals surface area contributed by atoms with Gasteiger partial charge in [-0.25, -0.2) is 9.59 Å². The van der Waals surface area contributed by atoms with E-state index >= 15 is 0 Å². The second-order valence-corrected chi connectivity index (χ2v) is 6.38. The molecule has 0 saturated carbocycles. The topological polar surface area (TPSA) is 81.9 Å². The summed E-state index contributed by atoms with van der Waals surface area (Å²) in [4.78, 5) is 25.9. The van der Waals surface area contributed by atoms with Crippen LogP contribution in [0.4, 0.5) is 4.79 Å². The summed E-state index contributed by atoms with van der Waals surface area (Å²) in [6.45, 7) is 5.61. The molecule has 0 radical (unpaired) electrons. The molecule has 2 atom stereocenters. The minimum Gasteiger partial charge on any atom is -0.444 e. The van der Waals surface area contributed by atoms with E-state index in [1.54, 1.807) is 45.0 Å². The number of para-hydroxylation sites is 1. The van der Waals surface area contributed by atoms with E-state index in [1.165, 1.54) is 4.90 Å². The first-order valence-electron chi connectivity index (χ1n) is 7.28. The quantitative estimate of drug-likeness (QED) is 0.667. The van der Waals surface area contributed by atoms with Gasteiger partial charge in [-0.2, -0.15) is 0 Å². The molecule has 1 fully saturated rings. The van der Waals surface area contributed by atoms with Crippen LogP contribution < -0.4 is 10.5 Å². The van der Waals surface area contributed by atoms with E-state index < -0.39 is 23.7 Å². The molecule has 6 heteroatoms. The lowest BCUT2D eigenvalue weighted by atomic mass is 10.2. The largest absolute Gasteiger partial charge is 0.444 e. The molecule has 0 unspecified atom stereocenters. The van der Waals surface area contributed by atoms with Crippen LogP contribution in [-0.4, -0.2) is 41.2 Å². The lowest BCUT2D eigenvalue weighted by molar-refractivity contribution is -0.139. The van der Waals surface area contributed by atoms with E-state index in [0.29, 0.717) is 12.2 Å². The molecule has 0 aliphatic carbocycles. The van der Waals surface area contributed by atoms with Gasteiger partial charge in [0.15, 0.2) is 0 Å². The first-order valence-corrected chi connectivity index (χ1v) is 7.28. The first kappa shape index (κ1) is 16.3. The fraction of sp³-hybridized carbons (Fsp3) is 0.500. The smallest absolute Gasteiger partial charge is 0.411 e. The van der Waals surface area contributed by atoms with Crippen molar-refractivity contribution in [2.45, 2.75) is 44.9 Å². The van der Waals surface area contributed by atoms with E-state index in [2.05, 4.69) is 0 Å². The Hall–Kier alpha value is -2.08. The minimum atomic E-state index is -0.718. The van der Waals surface area contributed by atoms with Crippen molar-refractivity contribution in [1.29, 1.82) is 0 Å². The number of esters is 1. The Bertz CT molecular complexity index is 539. The Morgan fingerprint density at radius 3 is 2.45 bits per heavy atom. The number of hydrogen-bond acceptors (Lipinski definition) is 5. The molecule has 1 amide bonds. The van der Waals surface area contributed by atoms with Gasteiger partial charge in [0, 0.05) is 12.6 Å². The maximum absolute atomic E-state index is 12.3. The molecule has 0 aromatic heterocycles. The zero-order valence-corrected chi connectivity index (χ0v) is 13.1. The molecule has 120 valence electrons. The minimum absolute atomic E-state index is 0.263. The summed E-state index contributed by atoms with van der Waals surface area (Å²) in [5.41, 5.74) is 5.26. The Morgan fingerprint density at radius 2 is 1.86 bits per heavy atom. The number of carbonyl (C=O) groups excluding carboxylic acids is 2. The van der Waals surface area contributed by atoms with Gasteiger partial charge in [-0.15, -0.1) is 0 Å². The zero-order valence-electron chi connectivity index (χ0n) is 13.1. The number of hydrogen-bond donors (Lipinski definition) is 1. The van der Waals surface area contributed by atoms with Gasteiger partial charge in [-0.05, 0) is 39.3 Å². The van der Waals surface area contributed by atoms with Crippen LogP contribution in [0.1, 0.15) is 27.2 Å². The molecule has 6 nitrogen and oxygen atoms in total. The van der Waals surface area contributed by atoms with E-state index in [1.807, 2.05) is 6.07 Å². The number of nitrogens with two attached hydrogens (primary N) is 1. The van der Waals surface area contributed by atoms with E-state index in [-0.39, 0.29) is 12.6 Å². The standard InChI is InChI=1S/C16H22N2O4/c1-16(2,3)22-15(20)18-10-11(17)9-13(18)14(19)21-12-7-5-4-6-8-12/h4-8,11,13H,9-10,17H2,1-3H3/t11-,13-/m0/s1. The third kappa shape index (κ3) is 4.21. The monoisotopic (exact) mass is 306 g/mol. The summed E-state index contributed by atoms with van der Waals surface area (Å²) in [7, 11) is 0. The molecule has 1 aromatic carbocycles. The number of benzene rings is 1. The summed E-state index contributed by atoms with van der Waals surface area (Å²) in [6.07, 6.45) is -0.180. The molecule has 1 heterocycles. The zero-order chi connectivity index (χ0) is 16.3. The average Bonchev–Trinajstić information content (AvgIpc) is 2.80. The van der Waals surface area contributed by atoms with Crippen LogP contribution in [0.25, 0.3) is 0 Å². The molecular weight excluding hydrogens is 284 g/mol. The van der Waals surface area contributed by atoms with E-state index in [0.717, 1.165) is 0 Å². The van der Waals surface area contributed by atoms with Gasteiger partial charge in [-0.3, -0.25) is 4.90 Å². The van der Waals surface area contributed by atoms with Crippen LogP contribution in [0.3, 0.4) is 0 Å². The van der Waals surface area contributed by atoms with Crippen molar-refractivity contribution in [2.75, 3.05) is 6.54 Å². The van der Waals surface area contributed by atoms with Crippen LogP contribution in [-0.2, 0) is 9.53 Å². The summed E-state index contributed by atoms with van der Waals surface area (Å²) in [5, 5.41) is 0. The van der Waals surface area contributed by atoms with Gasteiger partial charge < -0.3 is 15.2 Å². The van der Waals surface area contributed by atoms with Gasteiger partial charge >= 0.3 is 12.1 Å². The highest BCUT2D eigenvalue weighted by Crippen LogP contribution is 2.22. The van der Waals surface area contributed by atoms with Crippen LogP contribution >= 0.6 is 0 Å². The second-order valence-electron chi connectivity index (χ2n) is 6.38. The maximum Gasteiger partial charge on any atom is 0.411 e. The highest BCUT2D eigenvalue weighted by atomic mass is 16.6. The third-order valence-corrected chi connectivity index (χ3v) is 3.20. The third-order valence-electron chi connectivity index (χ3n) is 3.20. The molecule has 1 aromatic rings. The lowest BCUT2D eigenvalue weighted by Gasteiger charge is -2.27. The number of amides is 1. The number of carbonyl (C=O) groups is 2. The SMILES string of the molecule is CC(C)(C)OC(=O)N1C[C@@H](N)C[C@H]1C(=O)Oc1ccccc1. The number of likely N-dealkylation sites (tertiary alicyclic amines) is 1. The highest BCUT2D eigenvalue weighted by Gasteiger charge is 2.41. The van der Waals surface area contributed by atoms with Crippen LogP contribution in [0.2, 0.25) is 0 Å². The second kappa shape index (κ2) is 6.36. The molecule has 2 rings (SSSR count). The van der Waals surface area contributed by atoms with Gasteiger partial charge in [-0.1, -0.05) is 18.2 Å². The average molecular weight is 306 g/mol. The molecule has 1 aliphatic heterocycles. The maximum atomic E-state index is 12.3. The molecule has 0 spiro atoms. The Kier molecular flexibility index (Phi) is 4.71. The van der Waals surface area contributed by atoms with Crippen LogP contribution in [0.5, 0.6) is 5.75 Å². The van der Waals surface area contributed by atoms with Crippen molar-refractivity contribution in [3.63, 3.8) is 0 Å². The van der Waals surface area contributed by atoms with Crippen molar-refractivity contribution in [2.24, 2.45) is 5.73 Å². The normalized spacial score (nSPS) is 21.5. The van der Waals surface area contributed by atoms with Gasteiger partial charge in [0.05, 0.1) is 0 Å². The van der Waals surface area contributed by atoms with Gasteiger partial charge in [0.1, 0.15) is 17.4 Å². The van der Waals surface area contributed by atoms with Crippen LogP contribution in [0, 0.1) is 0 Å². The molecule has 2 N–H and O–H groups in total. The van der Waals surface area contributed by atoms with Crippen molar-refractivity contribution >= 4 is 12.1 Å². The summed E-state index contributed by atoms with van der Waals surface area (Å²) >= 11 is 0. The fourth-order valence-corrected chi connectivity index (χ4v) is 2.29. The Balaban J connectivity index is 2.07. The summed E-state index contributed by atoms with van der Waals surface area (Å²) in [5.74, 6) is -0.0536. The van der Waals surface area contributed by atoms with E-state index in [9.17, 15) is 9.59 Å². The van der Waals surface area contributed by atoms with Crippen LogP contribution in [0.15, 0.2) is 30.3 Å². The molecule has 1 saturated heterocycles. The molecule has 1 aliphatic rings. The Morgan fingerprint density at radius 1 is 1.23 bits per heavy atom. The number of ether oxygens (including phenoxy) is 2. The highest BCUT2D eigenvalue weighted by molar-refractivity contribution is 5.84.